The van der Waals surface area contributed by atoms with Gasteiger partial charge in [0.15, 0.2) is 0 Å². The number of H-pyrrole nitrogens is 1. The maximum Gasteiger partial charge on any atom is 0.144 e. The Hall–Kier alpha value is -3.39. The average Bonchev–Trinajstić information content (AvgIpc) is 3.23. The summed E-state index contributed by atoms with van der Waals surface area (Å²) in [6.45, 7) is 0. The average molecular weight is 285 g/mol. The van der Waals surface area contributed by atoms with Crippen molar-refractivity contribution in [3.8, 4) is 23.1 Å². The molecule has 0 saturated heterocycles. The van der Waals surface area contributed by atoms with Crippen LogP contribution in [-0.4, -0.2) is 19.7 Å². The first kappa shape index (κ1) is 12.4. The van der Waals surface area contributed by atoms with E-state index in [4.69, 9.17) is 5.26 Å². The summed E-state index contributed by atoms with van der Waals surface area (Å²) in [7, 11) is 0. The molecule has 0 fully saturated rings. The molecule has 4 aromatic rings. The Bertz CT molecular complexity index is 1000. The summed E-state index contributed by atoms with van der Waals surface area (Å²) in [5.41, 5.74) is 3.50. The van der Waals surface area contributed by atoms with Crippen LogP contribution in [0.25, 0.3) is 28.0 Å². The van der Waals surface area contributed by atoms with Crippen LogP contribution in [0.1, 0.15) is 5.56 Å². The number of aromatic nitrogens is 4. The number of aromatic amines is 1. The number of nitriles is 1. The summed E-state index contributed by atoms with van der Waals surface area (Å²) in [6, 6.07) is 15.7. The third kappa shape index (κ3) is 1.95. The van der Waals surface area contributed by atoms with Crippen LogP contribution in [0.2, 0.25) is 0 Å². The SMILES string of the molecule is N#Cc1cccc(-c2nccn2-c2ccc3cn[nH]c3c2)c1. The molecule has 5 heteroatoms. The molecule has 4 rings (SSSR count). The third-order valence-electron chi connectivity index (χ3n) is 3.59. The molecule has 104 valence electrons. The van der Waals surface area contributed by atoms with Gasteiger partial charge in [0.05, 0.1) is 23.3 Å². The van der Waals surface area contributed by atoms with Gasteiger partial charge in [0.2, 0.25) is 0 Å². The van der Waals surface area contributed by atoms with E-state index < -0.39 is 0 Å². The number of fused-ring (bicyclic) bond motifs is 1. The van der Waals surface area contributed by atoms with Crippen molar-refractivity contribution >= 4 is 10.9 Å². The van der Waals surface area contributed by atoms with Crippen LogP contribution in [0.3, 0.4) is 0 Å². The highest BCUT2D eigenvalue weighted by Crippen LogP contribution is 2.24. The van der Waals surface area contributed by atoms with E-state index in [9.17, 15) is 0 Å². The quantitative estimate of drug-likeness (QED) is 0.614. The Labute approximate surface area is 126 Å². The second-order valence-corrected chi connectivity index (χ2v) is 4.96. The molecule has 2 heterocycles. The maximum atomic E-state index is 9.05. The number of rotatable bonds is 2. The van der Waals surface area contributed by atoms with Crippen molar-refractivity contribution in [2.24, 2.45) is 0 Å². The van der Waals surface area contributed by atoms with Crippen LogP contribution in [0, 0.1) is 11.3 Å². The minimum atomic E-state index is 0.621. The van der Waals surface area contributed by atoms with Crippen LogP contribution in [-0.2, 0) is 0 Å². The molecule has 22 heavy (non-hydrogen) atoms. The zero-order chi connectivity index (χ0) is 14.9. The van der Waals surface area contributed by atoms with E-state index in [1.807, 2.05) is 47.2 Å². The minimum Gasteiger partial charge on any atom is -0.300 e. The van der Waals surface area contributed by atoms with E-state index in [-0.39, 0.29) is 0 Å². The van der Waals surface area contributed by atoms with Gasteiger partial charge in [-0.3, -0.25) is 9.67 Å². The number of nitrogens with one attached hydrogen (secondary N) is 1. The summed E-state index contributed by atoms with van der Waals surface area (Å²) in [4.78, 5) is 4.43. The minimum absolute atomic E-state index is 0.621. The zero-order valence-corrected chi connectivity index (χ0v) is 11.6. The largest absolute Gasteiger partial charge is 0.300 e. The van der Waals surface area contributed by atoms with Gasteiger partial charge < -0.3 is 0 Å². The number of hydrogen-bond acceptors (Lipinski definition) is 3. The summed E-state index contributed by atoms with van der Waals surface area (Å²) in [5, 5.41) is 17.1. The van der Waals surface area contributed by atoms with Gasteiger partial charge in [-0.2, -0.15) is 10.4 Å². The fourth-order valence-electron chi connectivity index (χ4n) is 2.53. The molecule has 0 spiro atoms. The zero-order valence-electron chi connectivity index (χ0n) is 11.6. The van der Waals surface area contributed by atoms with E-state index in [1.165, 1.54) is 0 Å². The number of imidazole rings is 1. The van der Waals surface area contributed by atoms with Gasteiger partial charge in [0, 0.05) is 29.0 Å². The molecule has 5 nitrogen and oxygen atoms in total. The Balaban J connectivity index is 1.87. The van der Waals surface area contributed by atoms with Crippen LogP contribution in [0.15, 0.2) is 61.1 Å². The highest BCUT2D eigenvalue weighted by Gasteiger charge is 2.09. The molecular formula is C17H11N5. The van der Waals surface area contributed by atoms with Crippen molar-refractivity contribution in [3.63, 3.8) is 0 Å². The van der Waals surface area contributed by atoms with Crippen LogP contribution >= 0.6 is 0 Å². The second-order valence-electron chi connectivity index (χ2n) is 4.96. The first-order valence-electron chi connectivity index (χ1n) is 6.82. The van der Waals surface area contributed by atoms with Gasteiger partial charge in [-0.15, -0.1) is 0 Å². The molecule has 1 N–H and O–H groups in total. The van der Waals surface area contributed by atoms with E-state index >= 15 is 0 Å². The van der Waals surface area contributed by atoms with Crippen LogP contribution < -0.4 is 0 Å². The topological polar surface area (TPSA) is 70.3 Å². The Morgan fingerprint density at radius 2 is 2.09 bits per heavy atom. The molecule has 2 aromatic carbocycles. The molecule has 0 unspecified atom stereocenters. The number of nitrogens with zero attached hydrogens (tertiary/aromatic N) is 4. The molecule has 0 bridgehead atoms. The lowest BCUT2D eigenvalue weighted by molar-refractivity contribution is 1.07. The third-order valence-corrected chi connectivity index (χ3v) is 3.59. The molecule has 0 aliphatic rings. The molecular weight excluding hydrogens is 274 g/mol. The summed E-state index contributed by atoms with van der Waals surface area (Å²) in [5.74, 6) is 0.802. The van der Waals surface area contributed by atoms with Crippen molar-refractivity contribution < 1.29 is 0 Å². The molecule has 0 amide bonds. The Kier molecular flexibility index (Phi) is 2.73. The molecule has 0 saturated carbocycles. The van der Waals surface area contributed by atoms with Crippen molar-refractivity contribution in [1.82, 2.24) is 19.7 Å². The van der Waals surface area contributed by atoms with Crippen molar-refractivity contribution in [2.75, 3.05) is 0 Å². The van der Waals surface area contributed by atoms with Gasteiger partial charge in [-0.05, 0) is 30.3 Å². The smallest absolute Gasteiger partial charge is 0.144 e. The number of benzene rings is 2. The standard InChI is InChI=1S/C17H11N5/c18-10-12-2-1-3-13(8-12)17-19-6-7-22(17)15-5-4-14-11-20-21-16(14)9-15/h1-9,11H,(H,20,21). The predicted octanol–water partition coefficient (Wildman–Crippen LogP) is 3.29. The molecule has 0 atom stereocenters. The fourth-order valence-corrected chi connectivity index (χ4v) is 2.53. The van der Waals surface area contributed by atoms with E-state index in [0.717, 1.165) is 28.0 Å². The summed E-state index contributed by atoms with van der Waals surface area (Å²) in [6.07, 6.45) is 5.46. The fraction of sp³-hybridized carbons (Fsp3) is 0. The lowest BCUT2D eigenvalue weighted by Gasteiger charge is -2.08. The monoisotopic (exact) mass is 285 g/mol. The van der Waals surface area contributed by atoms with E-state index in [1.54, 1.807) is 18.5 Å². The van der Waals surface area contributed by atoms with Crippen molar-refractivity contribution in [1.29, 1.82) is 5.26 Å². The van der Waals surface area contributed by atoms with Gasteiger partial charge >= 0.3 is 0 Å². The van der Waals surface area contributed by atoms with Crippen LogP contribution in [0.4, 0.5) is 0 Å². The van der Waals surface area contributed by atoms with Gasteiger partial charge in [-0.1, -0.05) is 12.1 Å². The highest BCUT2D eigenvalue weighted by atomic mass is 15.1. The molecule has 2 aromatic heterocycles. The van der Waals surface area contributed by atoms with Crippen LogP contribution in [0.5, 0.6) is 0 Å². The van der Waals surface area contributed by atoms with Crippen molar-refractivity contribution in [2.45, 2.75) is 0 Å². The normalized spacial score (nSPS) is 10.7. The molecule has 0 radical (unpaired) electrons. The first-order valence-corrected chi connectivity index (χ1v) is 6.82. The molecule has 0 aliphatic carbocycles. The predicted molar refractivity (Wildman–Crippen MR) is 83.4 cm³/mol. The number of hydrogen-bond donors (Lipinski definition) is 1. The lowest BCUT2D eigenvalue weighted by atomic mass is 10.1. The highest BCUT2D eigenvalue weighted by molar-refractivity contribution is 5.80. The summed E-state index contributed by atoms with van der Waals surface area (Å²) >= 11 is 0. The van der Waals surface area contributed by atoms with E-state index in [0.29, 0.717) is 5.56 Å². The van der Waals surface area contributed by atoms with E-state index in [2.05, 4.69) is 21.3 Å². The van der Waals surface area contributed by atoms with Gasteiger partial charge in [-0.25, -0.2) is 4.98 Å². The molecule has 0 aliphatic heterocycles. The first-order chi connectivity index (χ1) is 10.8. The lowest BCUT2D eigenvalue weighted by Crippen LogP contribution is -1.96. The second kappa shape index (κ2) is 4.86. The van der Waals surface area contributed by atoms with Gasteiger partial charge in [0.25, 0.3) is 0 Å². The van der Waals surface area contributed by atoms with Gasteiger partial charge in [0.1, 0.15) is 5.82 Å². The van der Waals surface area contributed by atoms with Crippen molar-refractivity contribution in [3.05, 3.63) is 66.6 Å². The summed E-state index contributed by atoms with van der Waals surface area (Å²) < 4.78 is 2.00. The Morgan fingerprint density at radius 3 is 3.00 bits per heavy atom. The Morgan fingerprint density at radius 1 is 1.14 bits per heavy atom. The maximum absolute atomic E-state index is 9.05.